The maximum atomic E-state index is 12.6. The molecule has 1 heterocycles. The minimum atomic E-state index is -1.02. The number of hydrogen-bond acceptors (Lipinski definition) is 4. The van der Waals surface area contributed by atoms with Crippen molar-refractivity contribution < 1.29 is 9.90 Å². The Kier molecular flexibility index (Phi) is 4.80. The standard InChI is InChI=1S/C16H21N3O3/c1-4-6-9-18(3)16-17-13-10-11(15(21)22)7-8-12(13)14(20)19(16)5-2/h7-8,10H,4-6,9H2,1-3H3,(H,21,22). The number of carbonyl (C=O) groups is 1. The number of fused-ring (bicyclic) bond motifs is 1. The van der Waals surface area contributed by atoms with Crippen molar-refractivity contribution in [1.82, 2.24) is 9.55 Å². The highest BCUT2D eigenvalue weighted by Crippen LogP contribution is 2.16. The van der Waals surface area contributed by atoms with Gasteiger partial charge in [-0.15, -0.1) is 0 Å². The Balaban J connectivity index is 2.63. The van der Waals surface area contributed by atoms with Crippen LogP contribution < -0.4 is 10.5 Å². The number of anilines is 1. The van der Waals surface area contributed by atoms with Crippen molar-refractivity contribution in [3.63, 3.8) is 0 Å². The van der Waals surface area contributed by atoms with E-state index in [0.717, 1.165) is 19.4 Å². The van der Waals surface area contributed by atoms with Crippen LogP contribution in [-0.2, 0) is 6.54 Å². The van der Waals surface area contributed by atoms with Gasteiger partial charge in [-0.05, 0) is 31.5 Å². The third-order valence-corrected chi connectivity index (χ3v) is 3.69. The normalized spacial score (nSPS) is 10.9. The molecule has 6 nitrogen and oxygen atoms in total. The van der Waals surface area contributed by atoms with Crippen LogP contribution in [0.4, 0.5) is 5.95 Å². The monoisotopic (exact) mass is 303 g/mol. The summed E-state index contributed by atoms with van der Waals surface area (Å²) in [5.74, 6) is -0.444. The zero-order chi connectivity index (χ0) is 16.3. The molecule has 1 aromatic carbocycles. The van der Waals surface area contributed by atoms with Crippen LogP contribution in [0.15, 0.2) is 23.0 Å². The van der Waals surface area contributed by atoms with Gasteiger partial charge in [-0.25, -0.2) is 9.78 Å². The number of benzene rings is 1. The van der Waals surface area contributed by atoms with Gasteiger partial charge in [0.25, 0.3) is 5.56 Å². The minimum Gasteiger partial charge on any atom is -0.478 e. The third kappa shape index (κ3) is 2.95. The summed E-state index contributed by atoms with van der Waals surface area (Å²) in [5.41, 5.74) is 0.423. The van der Waals surface area contributed by atoms with Gasteiger partial charge in [-0.3, -0.25) is 9.36 Å². The fourth-order valence-corrected chi connectivity index (χ4v) is 2.41. The van der Waals surface area contributed by atoms with Crippen LogP contribution >= 0.6 is 0 Å². The molecular weight excluding hydrogens is 282 g/mol. The lowest BCUT2D eigenvalue weighted by molar-refractivity contribution is 0.0697. The van der Waals surface area contributed by atoms with Crippen LogP contribution in [0.5, 0.6) is 0 Å². The summed E-state index contributed by atoms with van der Waals surface area (Å²) in [6.07, 6.45) is 2.06. The average Bonchev–Trinajstić information content (AvgIpc) is 2.51. The largest absolute Gasteiger partial charge is 0.478 e. The highest BCUT2D eigenvalue weighted by atomic mass is 16.4. The predicted octanol–water partition coefficient (Wildman–Crippen LogP) is 2.35. The molecule has 2 aromatic rings. The van der Waals surface area contributed by atoms with Crippen LogP contribution in [0, 0.1) is 0 Å². The van der Waals surface area contributed by atoms with E-state index >= 15 is 0 Å². The van der Waals surface area contributed by atoms with E-state index in [1.165, 1.54) is 18.2 Å². The van der Waals surface area contributed by atoms with Crippen LogP contribution in [0.3, 0.4) is 0 Å². The van der Waals surface area contributed by atoms with Crippen molar-refractivity contribution in [1.29, 1.82) is 0 Å². The van der Waals surface area contributed by atoms with Crippen molar-refractivity contribution in [2.75, 3.05) is 18.5 Å². The molecule has 6 heteroatoms. The third-order valence-electron chi connectivity index (χ3n) is 3.69. The van der Waals surface area contributed by atoms with Gasteiger partial charge in [0.1, 0.15) is 0 Å². The zero-order valence-corrected chi connectivity index (χ0v) is 13.2. The van der Waals surface area contributed by atoms with Crippen molar-refractivity contribution in [2.24, 2.45) is 0 Å². The molecule has 0 saturated carbocycles. The van der Waals surface area contributed by atoms with Crippen LogP contribution in [-0.4, -0.2) is 34.2 Å². The van der Waals surface area contributed by atoms with E-state index in [2.05, 4.69) is 11.9 Å². The van der Waals surface area contributed by atoms with E-state index in [1.807, 2.05) is 18.9 Å². The quantitative estimate of drug-likeness (QED) is 0.886. The first-order valence-electron chi connectivity index (χ1n) is 7.48. The summed E-state index contributed by atoms with van der Waals surface area (Å²) >= 11 is 0. The van der Waals surface area contributed by atoms with Gasteiger partial charge in [-0.2, -0.15) is 0 Å². The maximum Gasteiger partial charge on any atom is 0.335 e. The van der Waals surface area contributed by atoms with Gasteiger partial charge in [0.15, 0.2) is 0 Å². The van der Waals surface area contributed by atoms with Crippen molar-refractivity contribution in [3.8, 4) is 0 Å². The first-order valence-corrected chi connectivity index (χ1v) is 7.48. The van der Waals surface area contributed by atoms with Crippen LogP contribution in [0.2, 0.25) is 0 Å². The molecule has 0 aliphatic heterocycles. The fraction of sp³-hybridized carbons (Fsp3) is 0.438. The number of nitrogens with zero attached hydrogens (tertiary/aromatic N) is 3. The second-order valence-corrected chi connectivity index (χ2v) is 5.27. The van der Waals surface area contributed by atoms with Gasteiger partial charge in [0, 0.05) is 20.1 Å². The number of unbranched alkanes of at least 4 members (excludes halogenated alkanes) is 1. The van der Waals surface area contributed by atoms with Gasteiger partial charge in [0.2, 0.25) is 5.95 Å². The molecule has 0 radical (unpaired) electrons. The Hall–Kier alpha value is -2.37. The number of hydrogen-bond donors (Lipinski definition) is 1. The van der Waals surface area contributed by atoms with Crippen molar-refractivity contribution >= 4 is 22.8 Å². The Morgan fingerprint density at radius 2 is 2.09 bits per heavy atom. The van der Waals surface area contributed by atoms with Crippen molar-refractivity contribution in [2.45, 2.75) is 33.2 Å². The topological polar surface area (TPSA) is 75.4 Å². The summed E-state index contributed by atoms with van der Waals surface area (Å²) in [6.45, 7) is 5.33. The molecule has 0 spiro atoms. The first kappa shape index (κ1) is 16.0. The van der Waals surface area contributed by atoms with Gasteiger partial charge in [-0.1, -0.05) is 13.3 Å². The SMILES string of the molecule is CCCCN(C)c1nc2cc(C(=O)O)ccc2c(=O)n1CC. The number of aromatic nitrogens is 2. The number of rotatable bonds is 6. The van der Waals surface area contributed by atoms with E-state index in [-0.39, 0.29) is 11.1 Å². The molecule has 0 amide bonds. The van der Waals surface area contributed by atoms with Gasteiger partial charge in [0.05, 0.1) is 16.5 Å². The van der Waals surface area contributed by atoms with E-state index in [1.54, 1.807) is 4.57 Å². The number of carboxylic acids is 1. The lowest BCUT2D eigenvalue weighted by atomic mass is 10.1. The molecule has 1 aromatic heterocycles. The Morgan fingerprint density at radius 3 is 2.68 bits per heavy atom. The summed E-state index contributed by atoms with van der Waals surface area (Å²) in [7, 11) is 1.90. The minimum absolute atomic E-state index is 0.135. The lowest BCUT2D eigenvalue weighted by Crippen LogP contribution is -2.30. The first-order chi connectivity index (χ1) is 10.5. The maximum absolute atomic E-state index is 12.6. The molecule has 0 bridgehead atoms. The number of aromatic carboxylic acids is 1. The fourth-order valence-electron chi connectivity index (χ4n) is 2.41. The average molecular weight is 303 g/mol. The summed E-state index contributed by atoms with van der Waals surface area (Å²) < 4.78 is 1.62. The van der Waals surface area contributed by atoms with Crippen LogP contribution in [0.25, 0.3) is 10.9 Å². The smallest absolute Gasteiger partial charge is 0.335 e. The summed E-state index contributed by atoms with van der Waals surface area (Å²) in [4.78, 5) is 30.2. The lowest BCUT2D eigenvalue weighted by Gasteiger charge is -2.22. The van der Waals surface area contributed by atoms with Crippen LogP contribution in [0.1, 0.15) is 37.0 Å². The summed E-state index contributed by atoms with van der Waals surface area (Å²) in [5, 5.41) is 9.53. The molecule has 0 atom stereocenters. The second kappa shape index (κ2) is 6.60. The predicted molar refractivity (Wildman–Crippen MR) is 86.8 cm³/mol. The second-order valence-electron chi connectivity index (χ2n) is 5.27. The Bertz CT molecular complexity index is 752. The zero-order valence-electron chi connectivity index (χ0n) is 13.2. The molecule has 0 aliphatic rings. The molecule has 118 valence electrons. The highest BCUT2D eigenvalue weighted by molar-refractivity contribution is 5.93. The molecule has 0 unspecified atom stereocenters. The molecule has 0 aliphatic carbocycles. The molecule has 2 rings (SSSR count). The van der Waals surface area contributed by atoms with E-state index in [0.29, 0.717) is 23.4 Å². The molecule has 0 fully saturated rings. The van der Waals surface area contributed by atoms with E-state index in [4.69, 9.17) is 5.11 Å². The highest BCUT2D eigenvalue weighted by Gasteiger charge is 2.14. The van der Waals surface area contributed by atoms with E-state index < -0.39 is 5.97 Å². The molecule has 0 saturated heterocycles. The van der Waals surface area contributed by atoms with Crippen molar-refractivity contribution in [3.05, 3.63) is 34.1 Å². The van der Waals surface area contributed by atoms with Gasteiger partial charge >= 0.3 is 5.97 Å². The summed E-state index contributed by atoms with van der Waals surface area (Å²) in [6, 6.07) is 4.43. The molecule has 22 heavy (non-hydrogen) atoms. The van der Waals surface area contributed by atoms with E-state index in [9.17, 15) is 9.59 Å². The molecular formula is C16H21N3O3. The molecule has 1 N–H and O–H groups in total. The Labute approximate surface area is 129 Å². The Morgan fingerprint density at radius 1 is 1.36 bits per heavy atom. The van der Waals surface area contributed by atoms with Gasteiger partial charge < -0.3 is 10.0 Å². The number of carboxylic acid groups (broad SMARTS) is 1.